The zero-order valence-electron chi connectivity index (χ0n) is 8.14. The van der Waals surface area contributed by atoms with Gasteiger partial charge in [-0.15, -0.1) is 0 Å². The van der Waals surface area contributed by atoms with Crippen LogP contribution in [0.3, 0.4) is 0 Å². The van der Waals surface area contributed by atoms with E-state index < -0.39 is 12.1 Å². The van der Waals surface area contributed by atoms with Gasteiger partial charge in [0.1, 0.15) is 0 Å². The van der Waals surface area contributed by atoms with Crippen molar-refractivity contribution in [2.24, 2.45) is 0 Å². The number of aliphatic carboxylic acids is 1. The number of benzene rings is 1. The van der Waals surface area contributed by atoms with Gasteiger partial charge in [-0.3, -0.25) is 0 Å². The van der Waals surface area contributed by atoms with Crippen molar-refractivity contribution in [2.45, 2.75) is 12.5 Å². The number of rotatable bonds is 3. The van der Waals surface area contributed by atoms with Crippen molar-refractivity contribution in [3.05, 3.63) is 22.7 Å². The highest BCUT2D eigenvalue weighted by Crippen LogP contribution is 2.39. The first-order valence-electron chi connectivity index (χ1n) is 4.57. The average Bonchev–Trinajstić information content (AvgIpc) is 2.65. The maximum absolute atomic E-state index is 10.5. The standard InChI is InChI=1S/C10H9ClO5/c11-6-1-5(2-7(12)10(13)14)3-8-9(6)16-4-15-8/h1,3,7,12H,2,4H2,(H,13,14). The maximum Gasteiger partial charge on any atom is 0.332 e. The molecule has 0 amide bonds. The van der Waals surface area contributed by atoms with E-state index in [1.54, 1.807) is 12.1 Å². The molecule has 1 aliphatic rings. The quantitative estimate of drug-likeness (QED) is 0.831. The van der Waals surface area contributed by atoms with Crippen LogP contribution in [-0.2, 0) is 11.2 Å². The molecule has 0 spiro atoms. The van der Waals surface area contributed by atoms with E-state index in [1.807, 2.05) is 0 Å². The third-order valence-corrected chi connectivity index (χ3v) is 2.48. The number of halogens is 1. The number of carboxylic acids is 1. The molecule has 0 aromatic heterocycles. The molecule has 2 rings (SSSR count). The van der Waals surface area contributed by atoms with Gasteiger partial charge in [-0.25, -0.2) is 4.79 Å². The Bertz CT molecular complexity index is 431. The van der Waals surface area contributed by atoms with Gasteiger partial charge in [-0.1, -0.05) is 11.6 Å². The fraction of sp³-hybridized carbons (Fsp3) is 0.300. The number of hydrogen-bond donors (Lipinski definition) is 2. The Kier molecular flexibility index (Phi) is 2.89. The Hall–Kier alpha value is -1.46. The van der Waals surface area contributed by atoms with Gasteiger partial charge in [-0.2, -0.15) is 0 Å². The first-order chi connectivity index (χ1) is 7.58. The zero-order chi connectivity index (χ0) is 11.7. The summed E-state index contributed by atoms with van der Waals surface area (Å²) in [6, 6.07) is 3.17. The van der Waals surface area contributed by atoms with Crippen molar-refractivity contribution in [2.75, 3.05) is 6.79 Å². The summed E-state index contributed by atoms with van der Waals surface area (Å²) in [5.74, 6) is -0.343. The summed E-state index contributed by atoms with van der Waals surface area (Å²) in [7, 11) is 0. The van der Waals surface area contributed by atoms with E-state index in [0.717, 1.165) is 0 Å². The van der Waals surface area contributed by atoms with Crippen LogP contribution in [0.5, 0.6) is 11.5 Å². The largest absolute Gasteiger partial charge is 0.479 e. The highest BCUT2D eigenvalue weighted by atomic mass is 35.5. The van der Waals surface area contributed by atoms with Gasteiger partial charge >= 0.3 is 5.97 Å². The van der Waals surface area contributed by atoms with Crippen LogP contribution >= 0.6 is 11.6 Å². The minimum absolute atomic E-state index is 0.0221. The summed E-state index contributed by atoms with van der Waals surface area (Å²) in [5, 5.41) is 18.1. The Labute approximate surface area is 96.2 Å². The van der Waals surface area contributed by atoms with Crippen molar-refractivity contribution in [1.29, 1.82) is 0 Å². The number of fused-ring (bicyclic) bond motifs is 1. The highest BCUT2D eigenvalue weighted by molar-refractivity contribution is 6.32. The molecule has 0 aliphatic carbocycles. The van der Waals surface area contributed by atoms with Gasteiger partial charge in [0.25, 0.3) is 0 Å². The monoisotopic (exact) mass is 244 g/mol. The molecule has 6 heteroatoms. The second-order valence-corrected chi connectivity index (χ2v) is 3.78. The van der Waals surface area contributed by atoms with E-state index in [9.17, 15) is 9.90 Å². The average molecular weight is 245 g/mol. The summed E-state index contributed by atoms with van der Waals surface area (Å²) in [5.41, 5.74) is 0.587. The van der Waals surface area contributed by atoms with Crippen LogP contribution in [0.1, 0.15) is 5.56 Å². The van der Waals surface area contributed by atoms with Gasteiger partial charge in [0, 0.05) is 6.42 Å². The molecule has 2 N–H and O–H groups in total. The van der Waals surface area contributed by atoms with E-state index in [-0.39, 0.29) is 13.2 Å². The molecule has 0 saturated heterocycles. The van der Waals surface area contributed by atoms with Gasteiger partial charge < -0.3 is 19.7 Å². The van der Waals surface area contributed by atoms with Gasteiger partial charge in [0.15, 0.2) is 17.6 Å². The summed E-state index contributed by atoms with van der Waals surface area (Å²) < 4.78 is 10.2. The molecule has 1 aromatic rings. The molecular formula is C10H9ClO5. The number of aliphatic hydroxyl groups excluding tert-OH is 1. The predicted molar refractivity (Wildman–Crippen MR) is 54.9 cm³/mol. The Morgan fingerprint density at radius 1 is 1.50 bits per heavy atom. The summed E-state index contributed by atoms with van der Waals surface area (Å²) in [4.78, 5) is 10.5. The van der Waals surface area contributed by atoms with E-state index in [1.165, 1.54) is 0 Å². The lowest BCUT2D eigenvalue weighted by Crippen LogP contribution is -2.21. The van der Waals surface area contributed by atoms with Crippen LogP contribution in [0.25, 0.3) is 0 Å². The van der Waals surface area contributed by atoms with E-state index >= 15 is 0 Å². The summed E-state index contributed by atoms with van der Waals surface area (Å²) >= 11 is 5.90. The molecule has 16 heavy (non-hydrogen) atoms. The molecule has 0 radical (unpaired) electrons. The van der Waals surface area contributed by atoms with Crippen molar-refractivity contribution in [1.82, 2.24) is 0 Å². The molecule has 5 nitrogen and oxygen atoms in total. The molecule has 1 aromatic carbocycles. The van der Waals surface area contributed by atoms with Crippen LogP contribution in [0, 0.1) is 0 Å². The van der Waals surface area contributed by atoms with E-state index in [2.05, 4.69) is 0 Å². The minimum atomic E-state index is -1.45. The van der Waals surface area contributed by atoms with Crippen LogP contribution < -0.4 is 9.47 Å². The molecule has 0 saturated carbocycles. The summed E-state index contributed by atoms with van der Waals surface area (Å²) in [6.45, 7) is 0.0972. The molecule has 86 valence electrons. The van der Waals surface area contributed by atoms with Crippen molar-refractivity contribution in [3.8, 4) is 11.5 Å². The summed E-state index contributed by atoms with van der Waals surface area (Å²) in [6.07, 6.45) is -1.47. The zero-order valence-corrected chi connectivity index (χ0v) is 8.90. The molecule has 1 unspecified atom stereocenters. The van der Waals surface area contributed by atoms with Gasteiger partial charge in [-0.05, 0) is 17.7 Å². The second kappa shape index (κ2) is 4.19. The van der Waals surface area contributed by atoms with Gasteiger partial charge in [0.2, 0.25) is 6.79 Å². The fourth-order valence-corrected chi connectivity index (χ4v) is 1.74. The SMILES string of the molecule is O=C(O)C(O)Cc1cc(Cl)c2c(c1)OCO2. The normalized spacial score (nSPS) is 14.9. The number of hydrogen-bond acceptors (Lipinski definition) is 4. The lowest BCUT2D eigenvalue weighted by molar-refractivity contribution is -0.146. The van der Waals surface area contributed by atoms with Crippen molar-refractivity contribution < 1.29 is 24.5 Å². The molecular weight excluding hydrogens is 236 g/mol. The minimum Gasteiger partial charge on any atom is -0.479 e. The molecule has 0 fully saturated rings. The number of ether oxygens (including phenoxy) is 2. The van der Waals surface area contributed by atoms with Crippen LogP contribution in [0.15, 0.2) is 12.1 Å². The Morgan fingerprint density at radius 3 is 2.94 bits per heavy atom. The van der Waals surface area contributed by atoms with Crippen LogP contribution in [0.2, 0.25) is 5.02 Å². The third-order valence-electron chi connectivity index (χ3n) is 2.20. The van der Waals surface area contributed by atoms with Crippen molar-refractivity contribution >= 4 is 17.6 Å². The first-order valence-corrected chi connectivity index (χ1v) is 4.94. The van der Waals surface area contributed by atoms with Crippen LogP contribution in [-0.4, -0.2) is 29.1 Å². The smallest absolute Gasteiger partial charge is 0.332 e. The molecule has 1 heterocycles. The van der Waals surface area contributed by atoms with Crippen LogP contribution in [0.4, 0.5) is 0 Å². The molecule has 1 atom stereocenters. The number of carboxylic acid groups (broad SMARTS) is 1. The molecule has 0 bridgehead atoms. The Balaban J connectivity index is 2.23. The second-order valence-electron chi connectivity index (χ2n) is 3.37. The predicted octanol–water partition coefficient (Wildman–Crippen LogP) is 1.06. The lowest BCUT2D eigenvalue weighted by Gasteiger charge is -2.07. The lowest BCUT2D eigenvalue weighted by atomic mass is 10.1. The number of aliphatic hydroxyl groups is 1. The Morgan fingerprint density at radius 2 is 2.25 bits per heavy atom. The molecule has 1 aliphatic heterocycles. The van der Waals surface area contributed by atoms with E-state index in [0.29, 0.717) is 22.1 Å². The topological polar surface area (TPSA) is 76.0 Å². The first kappa shape index (κ1) is 11.0. The maximum atomic E-state index is 10.5. The van der Waals surface area contributed by atoms with Crippen molar-refractivity contribution in [3.63, 3.8) is 0 Å². The number of carbonyl (C=O) groups is 1. The van der Waals surface area contributed by atoms with Gasteiger partial charge in [0.05, 0.1) is 5.02 Å². The third kappa shape index (κ3) is 2.05. The highest BCUT2D eigenvalue weighted by Gasteiger charge is 2.20. The van der Waals surface area contributed by atoms with E-state index in [4.69, 9.17) is 26.2 Å². The fourth-order valence-electron chi connectivity index (χ4n) is 1.45.